The van der Waals surface area contributed by atoms with E-state index in [4.69, 9.17) is 0 Å². The molecule has 5 rings (SSSR count). The molecule has 0 aliphatic carbocycles. The second kappa shape index (κ2) is 6.42. The molecule has 1 fully saturated rings. The van der Waals surface area contributed by atoms with E-state index in [0.29, 0.717) is 17.2 Å². The van der Waals surface area contributed by atoms with Crippen LogP contribution >= 0.6 is 0 Å². The molecule has 0 radical (unpaired) electrons. The Balaban J connectivity index is 1.44. The van der Waals surface area contributed by atoms with Gasteiger partial charge in [-0.15, -0.1) is 0 Å². The number of nitrogens with zero attached hydrogens (tertiary/aromatic N) is 5. The number of aromatic nitrogens is 4. The van der Waals surface area contributed by atoms with Crippen molar-refractivity contribution in [3.63, 3.8) is 0 Å². The number of hydrogen-bond donors (Lipinski definition) is 1. The van der Waals surface area contributed by atoms with Crippen molar-refractivity contribution >= 4 is 5.52 Å². The van der Waals surface area contributed by atoms with Crippen molar-refractivity contribution in [3.05, 3.63) is 66.1 Å². The van der Waals surface area contributed by atoms with Crippen molar-refractivity contribution in [2.24, 2.45) is 0 Å². The van der Waals surface area contributed by atoms with Crippen LogP contribution < -0.4 is 0 Å². The number of rotatable bonds is 3. The van der Waals surface area contributed by atoms with Gasteiger partial charge < -0.3 is 10.0 Å². The molecule has 6 nitrogen and oxygen atoms in total. The maximum atomic E-state index is 10.6. The minimum atomic E-state index is 0.201. The van der Waals surface area contributed by atoms with Gasteiger partial charge in [-0.3, -0.25) is 0 Å². The zero-order chi connectivity index (χ0) is 19.3. The lowest BCUT2D eigenvalue weighted by molar-refractivity contribution is 0.186. The van der Waals surface area contributed by atoms with Crippen LogP contribution in [0, 0.1) is 6.92 Å². The van der Waals surface area contributed by atoms with E-state index in [0.717, 1.165) is 41.1 Å². The first-order valence-electron chi connectivity index (χ1n) is 9.39. The van der Waals surface area contributed by atoms with Gasteiger partial charge in [0.1, 0.15) is 5.75 Å². The Bertz CT molecular complexity index is 1160. The number of aromatic hydroxyl groups is 1. The van der Waals surface area contributed by atoms with Gasteiger partial charge in [0.2, 0.25) is 0 Å². The number of aryl methyl sites for hydroxylation is 1. The molecule has 0 spiro atoms. The molecule has 3 aromatic heterocycles. The van der Waals surface area contributed by atoms with E-state index in [1.807, 2.05) is 54.0 Å². The normalized spacial score (nSPS) is 15.1. The maximum Gasteiger partial charge on any atom is 0.125 e. The number of pyridine rings is 1. The van der Waals surface area contributed by atoms with E-state index in [1.165, 1.54) is 0 Å². The molecule has 0 saturated carbocycles. The summed E-state index contributed by atoms with van der Waals surface area (Å²) in [5.74, 6) is 0.664. The van der Waals surface area contributed by atoms with E-state index in [9.17, 15) is 5.11 Å². The van der Waals surface area contributed by atoms with Gasteiger partial charge in [0.25, 0.3) is 0 Å². The average molecular weight is 371 g/mol. The molecule has 1 aliphatic rings. The Morgan fingerprint density at radius 1 is 0.964 bits per heavy atom. The Kier molecular flexibility index (Phi) is 3.87. The fraction of sp³-hybridized carbons (Fsp3) is 0.227. The second-order valence-electron chi connectivity index (χ2n) is 7.56. The highest BCUT2D eigenvalue weighted by atomic mass is 16.3. The van der Waals surface area contributed by atoms with Crippen LogP contribution in [-0.2, 0) is 0 Å². The van der Waals surface area contributed by atoms with Gasteiger partial charge in [0.15, 0.2) is 0 Å². The van der Waals surface area contributed by atoms with Crippen LogP contribution in [0.2, 0.25) is 0 Å². The number of hydrogen-bond acceptors (Lipinski definition) is 5. The Morgan fingerprint density at radius 2 is 1.79 bits per heavy atom. The molecule has 1 aliphatic heterocycles. The van der Waals surface area contributed by atoms with Gasteiger partial charge in [0.05, 0.1) is 22.6 Å². The summed E-state index contributed by atoms with van der Waals surface area (Å²) in [6, 6.07) is 15.7. The van der Waals surface area contributed by atoms with Crippen LogP contribution in [0.4, 0.5) is 0 Å². The van der Waals surface area contributed by atoms with Crippen molar-refractivity contribution in [2.75, 3.05) is 20.1 Å². The van der Waals surface area contributed by atoms with Crippen LogP contribution in [0.3, 0.4) is 0 Å². The van der Waals surface area contributed by atoms with Gasteiger partial charge in [0, 0.05) is 30.8 Å². The Morgan fingerprint density at radius 3 is 2.50 bits per heavy atom. The molecule has 4 aromatic rings. The predicted molar refractivity (Wildman–Crippen MR) is 108 cm³/mol. The smallest absolute Gasteiger partial charge is 0.125 e. The van der Waals surface area contributed by atoms with Crippen LogP contribution in [-0.4, -0.2) is 50.0 Å². The van der Waals surface area contributed by atoms with Gasteiger partial charge >= 0.3 is 0 Å². The first-order valence-corrected chi connectivity index (χ1v) is 9.39. The molecule has 0 amide bonds. The number of phenols is 1. The van der Waals surface area contributed by atoms with Crippen molar-refractivity contribution in [2.45, 2.75) is 12.8 Å². The molecule has 140 valence electrons. The minimum Gasteiger partial charge on any atom is -0.507 e. The maximum absolute atomic E-state index is 10.6. The van der Waals surface area contributed by atoms with Gasteiger partial charge in [-0.05, 0) is 67.6 Å². The van der Waals surface area contributed by atoms with E-state index in [1.54, 1.807) is 6.07 Å². The zero-order valence-corrected chi connectivity index (χ0v) is 15.9. The van der Waals surface area contributed by atoms with E-state index in [2.05, 4.69) is 33.3 Å². The Hall–Kier alpha value is -3.25. The van der Waals surface area contributed by atoms with Gasteiger partial charge in [-0.25, -0.2) is 4.52 Å². The molecular formula is C22H21N5O. The third kappa shape index (κ3) is 2.92. The SMILES string of the molecule is Cc1cc2cc(-c3ccc(-c4ccc(C5CN(C)C5)nn4)c(O)c3)ccn2n1. The highest BCUT2D eigenvalue weighted by molar-refractivity contribution is 5.76. The highest BCUT2D eigenvalue weighted by Crippen LogP contribution is 2.33. The lowest BCUT2D eigenvalue weighted by Crippen LogP contribution is -2.42. The molecule has 0 unspecified atom stereocenters. The topological polar surface area (TPSA) is 66.5 Å². The largest absolute Gasteiger partial charge is 0.507 e. The standard InChI is InChI=1S/C22H21N5O/c1-14-9-18-10-16(7-8-27(18)25-14)15-3-4-19(22(28)11-15)21-6-5-20(23-24-21)17-12-26(2)13-17/h3-11,17,28H,12-13H2,1-2H3. The summed E-state index contributed by atoms with van der Waals surface area (Å²) in [5, 5.41) is 23.7. The predicted octanol–water partition coefficient (Wildman–Crippen LogP) is 3.50. The molecular weight excluding hydrogens is 350 g/mol. The van der Waals surface area contributed by atoms with Crippen molar-refractivity contribution in [1.82, 2.24) is 24.7 Å². The van der Waals surface area contributed by atoms with Crippen LogP contribution in [0.5, 0.6) is 5.75 Å². The molecule has 1 saturated heterocycles. The summed E-state index contributed by atoms with van der Waals surface area (Å²) >= 11 is 0. The molecule has 1 aromatic carbocycles. The molecule has 1 N–H and O–H groups in total. The Labute approximate surface area is 163 Å². The van der Waals surface area contributed by atoms with Crippen molar-refractivity contribution < 1.29 is 5.11 Å². The summed E-state index contributed by atoms with van der Waals surface area (Å²) in [5.41, 5.74) is 6.38. The lowest BCUT2D eigenvalue weighted by Gasteiger charge is -2.35. The molecule has 6 heteroatoms. The average Bonchev–Trinajstić information content (AvgIpc) is 3.05. The third-order valence-corrected chi connectivity index (χ3v) is 5.36. The number of fused-ring (bicyclic) bond motifs is 1. The molecule has 0 bridgehead atoms. The highest BCUT2D eigenvalue weighted by Gasteiger charge is 2.26. The van der Waals surface area contributed by atoms with E-state index < -0.39 is 0 Å². The zero-order valence-electron chi connectivity index (χ0n) is 15.9. The molecule has 4 heterocycles. The van der Waals surface area contributed by atoms with Crippen LogP contribution in [0.15, 0.2) is 54.7 Å². The first-order chi connectivity index (χ1) is 13.6. The number of benzene rings is 1. The van der Waals surface area contributed by atoms with Crippen molar-refractivity contribution in [1.29, 1.82) is 0 Å². The van der Waals surface area contributed by atoms with Gasteiger partial charge in [-0.2, -0.15) is 15.3 Å². The summed E-state index contributed by atoms with van der Waals surface area (Å²) in [7, 11) is 2.10. The van der Waals surface area contributed by atoms with Gasteiger partial charge in [-0.1, -0.05) is 6.07 Å². The van der Waals surface area contributed by atoms with E-state index >= 15 is 0 Å². The summed E-state index contributed by atoms with van der Waals surface area (Å²) in [6.45, 7) is 4.02. The number of likely N-dealkylation sites (N-methyl/N-ethyl adjacent to an activating group) is 1. The summed E-state index contributed by atoms with van der Waals surface area (Å²) in [4.78, 5) is 2.26. The summed E-state index contributed by atoms with van der Waals surface area (Å²) in [6.07, 6.45) is 1.94. The number of likely N-dealkylation sites (tertiary alicyclic amines) is 1. The third-order valence-electron chi connectivity index (χ3n) is 5.36. The van der Waals surface area contributed by atoms with Crippen molar-refractivity contribution in [3.8, 4) is 28.1 Å². The molecule has 0 atom stereocenters. The quantitative estimate of drug-likeness (QED) is 0.597. The molecule has 28 heavy (non-hydrogen) atoms. The van der Waals surface area contributed by atoms with E-state index in [-0.39, 0.29) is 5.75 Å². The fourth-order valence-electron chi connectivity index (χ4n) is 3.82. The first kappa shape index (κ1) is 16.9. The number of phenolic OH excluding ortho intramolecular Hbond substituents is 1. The van der Waals surface area contributed by atoms with Crippen LogP contribution in [0.25, 0.3) is 27.9 Å². The fourth-order valence-corrected chi connectivity index (χ4v) is 3.82. The summed E-state index contributed by atoms with van der Waals surface area (Å²) < 4.78 is 1.85. The van der Waals surface area contributed by atoms with Crippen LogP contribution in [0.1, 0.15) is 17.3 Å². The lowest BCUT2D eigenvalue weighted by atomic mass is 9.96. The monoisotopic (exact) mass is 371 g/mol. The minimum absolute atomic E-state index is 0.201. The second-order valence-corrected chi connectivity index (χ2v) is 7.56.